The van der Waals surface area contributed by atoms with Crippen molar-refractivity contribution in [2.24, 2.45) is 5.73 Å². The zero-order chi connectivity index (χ0) is 14.2. The van der Waals surface area contributed by atoms with E-state index in [0.717, 1.165) is 19.5 Å². The third kappa shape index (κ3) is 3.86. The van der Waals surface area contributed by atoms with Crippen molar-refractivity contribution in [1.82, 2.24) is 4.57 Å². The van der Waals surface area contributed by atoms with Gasteiger partial charge in [0, 0.05) is 12.7 Å². The minimum absolute atomic E-state index is 0.724. The molecule has 2 nitrogen and oxygen atoms in total. The van der Waals surface area contributed by atoms with Crippen LogP contribution in [0.15, 0.2) is 30.5 Å². The smallest absolute Gasteiger partial charge is 0.0513 e. The molecule has 0 aliphatic rings. The largest absolute Gasteiger partial charge is 0.347 e. The first-order chi connectivity index (χ1) is 9.86. The highest BCUT2D eigenvalue weighted by Crippen LogP contribution is 2.21. The van der Waals surface area contributed by atoms with Gasteiger partial charge in [0.25, 0.3) is 0 Å². The Kier molecular flexibility index (Phi) is 6.13. The first-order valence-electron chi connectivity index (χ1n) is 8.13. The van der Waals surface area contributed by atoms with Gasteiger partial charge in [-0.2, -0.15) is 0 Å². The van der Waals surface area contributed by atoms with Crippen molar-refractivity contribution in [3.05, 3.63) is 36.0 Å². The van der Waals surface area contributed by atoms with Crippen LogP contribution in [0, 0.1) is 0 Å². The summed E-state index contributed by atoms with van der Waals surface area (Å²) in [4.78, 5) is 0. The lowest BCUT2D eigenvalue weighted by atomic mass is 10.1. The number of nitrogens with two attached hydrogens (primary N) is 1. The Labute approximate surface area is 123 Å². The molecule has 0 fully saturated rings. The molecule has 0 saturated heterocycles. The summed E-state index contributed by atoms with van der Waals surface area (Å²) in [6, 6.07) is 8.79. The molecule has 0 radical (unpaired) electrons. The molecule has 0 bridgehead atoms. The Bertz CT molecular complexity index is 513. The van der Waals surface area contributed by atoms with Crippen LogP contribution in [-0.4, -0.2) is 11.1 Å². The standard InChI is InChI=1S/C18H28N2/c1-2-3-4-5-6-7-14-20-15-12-17-10-8-9-16(11-13-19)18(17)20/h8-10,12,15H,2-7,11,13-14,19H2,1H3. The number of para-hydroxylation sites is 1. The van der Waals surface area contributed by atoms with Crippen molar-refractivity contribution in [3.63, 3.8) is 0 Å². The number of hydrogen-bond acceptors (Lipinski definition) is 1. The summed E-state index contributed by atoms with van der Waals surface area (Å²) < 4.78 is 2.42. The zero-order valence-electron chi connectivity index (χ0n) is 12.8. The van der Waals surface area contributed by atoms with E-state index in [1.54, 1.807) is 0 Å². The van der Waals surface area contributed by atoms with Crippen LogP contribution in [0.3, 0.4) is 0 Å². The quantitative estimate of drug-likeness (QED) is 0.669. The molecule has 0 aliphatic heterocycles. The van der Waals surface area contributed by atoms with Crippen molar-refractivity contribution in [3.8, 4) is 0 Å². The Morgan fingerprint density at radius 3 is 2.60 bits per heavy atom. The normalized spacial score (nSPS) is 11.3. The molecule has 20 heavy (non-hydrogen) atoms. The Morgan fingerprint density at radius 1 is 1.00 bits per heavy atom. The molecule has 1 heterocycles. The lowest BCUT2D eigenvalue weighted by Gasteiger charge is -2.09. The second-order valence-corrected chi connectivity index (χ2v) is 5.67. The van der Waals surface area contributed by atoms with Gasteiger partial charge >= 0.3 is 0 Å². The third-order valence-electron chi connectivity index (χ3n) is 4.04. The van der Waals surface area contributed by atoms with Gasteiger partial charge in [-0.3, -0.25) is 0 Å². The average Bonchev–Trinajstić information content (AvgIpc) is 2.87. The maximum Gasteiger partial charge on any atom is 0.0513 e. The van der Waals surface area contributed by atoms with Gasteiger partial charge in [-0.05, 0) is 36.4 Å². The molecular formula is C18H28N2. The molecule has 0 atom stereocenters. The number of nitrogens with zero attached hydrogens (tertiary/aromatic N) is 1. The monoisotopic (exact) mass is 272 g/mol. The van der Waals surface area contributed by atoms with E-state index in [0.29, 0.717) is 0 Å². The van der Waals surface area contributed by atoms with E-state index < -0.39 is 0 Å². The highest BCUT2D eigenvalue weighted by molar-refractivity contribution is 5.83. The molecule has 2 N–H and O–H groups in total. The molecule has 0 spiro atoms. The van der Waals surface area contributed by atoms with Crippen LogP contribution in [0.5, 0.6) is 0 Å². The fourth-order valence-electron chi connectivity index (χ4n) is 2.95. The highest BCUT2D eigenvalue weighted by Gasteiger charge is 2.05. The number of aryl methyl sites for hydroxylation is 1. The number of hydrogen-bond donors (Lipinski definition) is 1. The summed E-state index contributed by atoms with van der Waals surface area (Å²) in [6.45, 7) is 4.13. The number of aromatic nitrogens is 1. The van der Waals surface area contributed by atoms with Crippen LogP contribution in [0.4, 0.5) is 0 Å². The highest BCUT2D eigenvalue weighted by atomic mass is 14.9. The lowest BCUT2D eigenvalue weighted by Crippen LogP contribution is -2.05. The molecule has 0 unspecified atom stereocenters. The number of rotatable bonds is 9. The summed E-state index contributed by atoms with van der Waals surface area (Å²) in [7, 11) is 0. The van der Waals surface area contributed by atoms with Crippen LogP contribution in [-0.2, 0) is 13.0 Å². The SMILES string of the molecule is CCCCCCCCn1ccc2cccc(CCN)c21. The second kappa shape index (κ2) is 8.11. The van der Waals surface area contributed by atoms with Gasteiger partial charge in [0.1, 0.15) is 0 Å². The molecule has 1 aromatic heterocycles. The van der Waals surface area contributed by atoms with Gasteiger partial charge in [-0.1, -0.05) is 57.2 Å². The number of unbranched alkanes of at least 4 members (excludes halogenated alkanes) is 5. The molecule has 0 amide bonds. The van der Waals surface area contributed by atoms with Crippen LogP contribution in [0.1, 0.15) is 51.0 Å². The minimum atomic E-state index is 0.724. The van der Waals surface area contributed by atoms with Crippen LogP contribution in [0.25, 0.3) is 10.9 Å². The molecule has 110 valence electrons. The van der Waals surface area contributed by atoms with Crippen molar-refractivity contribution < 1.29 is 0 Å². The molecule has 0 saturated carbocycles. The van der Waals surface area contributed by atoms with Gasteiger partial charge < -0.3 is 10.3 Å². The number of fused-ring (bicyclic) bond motifs is 1. The van der Waals surface area contributed by atoms with Gasteiger partial charge in [0.05, 0.1) is 5.52 Å². The zero-order valence-corrected chi connectivity index (χ0v) is 12.8. The third-order valence-corrected chi connectivity index (χ3v) is 4.04. The maximum absolute atomic E-state index is 5.73. The van der Waals surface area contributed by atoms with Crippen LogP contribution in [0.2, 0.25) is 0 Å². The van der Waals surface area contributed by atoms with Crippen molar-refractivity contribution in [1.29, 1.82) is 0 Å². The van der Waals surface area contributed by atoms with Gasteiger partial charge in [-0.15, -0.1) is 0 Å². The van der Waals surface area contributed by atoms with E-state index in [2.05, 4.69) is 42.0 Å². The van der Waals surface area contributed by atoms with E-state index in [1.165, 1.54) is 55.0 Å². The predicted octanol–water partition coefficient (Wildman–Crippen LogP) is 4.50. The second-order valence-electron chi connectivity index (χ2n) is 5.67. The van der Waals surface area contributed by atoms with E-state index in [-0.39, 0.29) is 0 Å². The first-order valence-corrected chi connectivity index (χ1v) is 8.13. The van der Waals surface area contributed by atoms with Gasteiger partial charge in [-0.25, -0.2) is 0 Å². The predicted molar refractivity (Wildman–Crippen MR) is 88.1 cm³/mol. The fourth-order valence-corrected chi connectivity index (χ4v) is 2.95. The average molecular weight is 272 g/mol. The van der Waals surface area contributed by atoms with Gasteiger partial charge in [0.15, 0.2) is 0 Å². The van der Waals surface area contributed by atoms with Crippen LogP contribution < -0.4 is 5.73 Å². The summed E-state index contributed by atoms with van der Waals surface area (Å²) in [5.74, 6) is 0. The van der Waals surface area contributed by atoms with E-state index in [9.17, 15) is 0 Å². The molecule has 1 aromatic carbocycles. The van der Waals surface area contributed by atoms with Crippen molar-refractivity contribution in [2.75, 3.05) is 6.54 Å². The summed E-state index contributed by atoms with van der Waals surface area (Å²) in [6.07, 6.45) is 11.3. The molecule has 2 heteroatoms. The lowest BCUT2D eigenvalue weighted by molar-refractivity contribution is 0.565. The maximum atomic E-state index is 5.73. The number of benzene rings is 1. The van der Waals surface area contributed by atoms with E-state index in [4.69, 9.17) is 5.73 Å². The summed E-state index contributed by atoms with van der Waals surface area (Å²) in [5, 5.41) is 1.35. The van der Waals surface area contributed by atoms with Crippen molar-refractivity contribution >= 4 is 10.9 Å². The summed E-state index contributed by atoms with van der Waals surface area (Å²) in [5.41, 5.74) is 8.51. The molecular weight excluding hydrogens is 244 g/mol. The molecule has 2 rings (SSSR count). The Hall–Kier alpha value is -1.28. The van der Waals surface area contributed by atoms with Crippen molar-refractivity contribution in [2.45, 2.75) is 58.4 Å². The van der Waals surface area contributed by atoms with E-state index in [1.807, 2.05) is 0 Å². The Morgan fingerprint density at radius 2 is 1.80 bits per heavy atom. The van der Waals surface area contributed by atoms with Gasteiger partial charge in [0.2, 0.25) is 0 Å². The topological polar surface area (TPSA) is 30.9 Å². The molecule has 0 aliphatic carbocycles. The summed E-state index contributed by atoms with van der Waals surface area (Å²) >= 11 is 0. The fraction of sp³-hybridized carbons (Fsp3) is 0.556. The Balaban J connectivity index is 1.96. The van der Waals surface area contributed by atoms with E-state index >= 15 is 0 Å². The van der Waals surface area contributed by atoms with Crippen LogP contribution >= 0.6 is 0 Å². The first kappa shape index (κ1) is 15.1. The molecule has 2 aromatic rings. The minimum Gasteiger partial charge on any atom is -0.347 e.